The van der Waals surface area contributed by atoms with Crippen LogP contribution in [0.5, 0.6) is 0 Å². The molecule has 2 heterocycles. The molecule has 1 aromatic rings. The van der Waals surface area contributed by atoms with Crippen LogP contribution < -0.4 is 10.6 Å². The Kier molecular flexibility index (Phi) is 2.92. The molecule has 0 aromatic carbocycles. The van der Waals surface area contributed by atoms with Gasteiger partial charge in [0.25, 0.3) is 0 Å². The zero-order valence-corrected chi connectivity index (χ0v) is 11.2. The van der Waals surface area contributed by atoms with Crippen LogP contribution in [0.25, 0.3) is 0 Å². The highest BCUT2D eigenvalue weighted by Gasteiger charge is 2.29. The van der Waals surface area contributed by atoms with Gasteiger partial charge < -0.3 is 10.6 Å². The third kappa shape index (κ3) is 2.20. The summed E-state index contributed by atoms with van der Waals surface area (Å²) in [5.74, 6) is 1.47. The van der Waals surface area contributed by atoms with Crippen molar-refractivity contribution < 1.29 is 0 Å². The second-order valence-corrected chi connectivity index (χ2v) is 6.43. The zero-order valence-electron chi connectivity index (χ0n) is 10.4. The van der Waals surface area contributed by atoms with E-state index in [-0.39, 0.29) is 11.5 Å². The predicted octanol–water partition coefficient (Wildman–Crippen LogP) is 1.62. The molecule has 16 heavy (non-hydrogen) atoms. The Morgan fingerprint density at radius 2 is 2.06 bits per heavy atom. The first-order chi connectivity index (χ1) is 7.38. The van der Waals surface area contributed by atoms with E-state index < -0.39 is 0 Å². The van der Waals surface area contributed by atoms with Gasteiger partial charge in [0.15, 0.2) is 0 Å². The van der Waals surface area contributed by atoms with E-state index in [0.717, 1.165) is 24.0 Å². The van der Waals surface area contributed by atoms with E-state index in [2.05, 4.69) is 42.0 Å². The molecule has 1 aromatic heterocycles. The number of nitrogens with zero attached hydrogens (tertiary/aromatic N) is 3. The number of hydrogen-bond acceptors (Lipinski definition) is 5. The van der Waals surface area contributed by atoms with Crippen LogP contribution in [0, 0.1) is 5.92 Å². The summed E-state index contributed by atoms with van der Waals surface area (Å²) in [5, 5.41) is 1.02. The minimum absolute atomic E-state index is 0.0300. The number of rotatable bonds is 1. The molecule has 0 aliphatic carbocycles. The summed E-state index contributed by atoms with van der Waals surface area (Å²) in [5.41, 5.74) is 6.04. The molecule has 2 N–H and O–H groups in total. The molecule has 0 amide bonds. The van der Waals surface area contributed by atoms with Gasteiger partial charge in [0.2, 0.25) is 5.13 Å². The monoisotopic (exact) mass is 240 g/mol. The van der Waals surface area contributed by atoms with Crippen LogP contribution in [0.15, 0.2) is 0 Å². The standard InChI is InChI=1S/C11H20N4S/c1-7-5-15(6-8(7)12)10-13-9(14-16-10)11(2,3)4/h7-8H,5-6,12H2,1-4H3. The highest BCUT2D eigenvalue weighted by molar-refractivity contribution is 7.09. The minimum Gasteiger partial charge on any atom is -0.345 e. The van der Waals surface area contributed by atoms with Crippen molar-refractivity contribution in [1.29, 1.82) is 0 Å². The van der Waals surface area contributed by atoms with Crippen molar-refractivity contribution in [3.8, 4) is 0 Å². The number of hydrogen-bond donors (Lipinski definition) is 1. The summed E-state index contributed by atoms with van der Waals surface area (Å²) in [6.07, 6.45) is 0. The molecule has 0 radical (unpaired) electrons. The van der Waals surface area contributed by atoms with Gasteiger partial charge in [-0.05, 0) is 5.92 Å². The fraction of sp³-hybridized carbons (Fsp3) is 0.818. The average molecular weight is 240 g/mol. The van der Waals surface area contributed by atoms with Crippen LogP contribution in [0.4, 0.5) is 5.13 Å². The highest BCUT2D eigenvalue weighted by Crippen LogP contribution is 2.28. The van der Waals surface area contributed by atoms with Gasteiger partial charge in [-0.15, -0.1) is 0 Å². The molecular weight excluding hydrogens is 220 g/mol. The van der Waals surface area contributed by atoms with E-state index in [9.17, 15) is 0 Å². The SMILES string of the molecule is CC1CN(c2nc(C(C)(C)C)ns2)CC1N. The molecule has 1 fully saturated rings. The minimum atomic E-state index is 0.0300. The van der Waals surface area contributed by atoms with E-state index >= 15 is 0 Å². The van der Waals surface area contributed by atoms with Gasteiger partial charge in [0.1, 0.15) is 5.82 Å². The third-order valence-corrected chi connectivity index (χ3v) is 3.80. The highest BCUT2D eigenvalue weighted by atomic mass is 32.1. The maximum atomic E-state index is 6.01. The van der Waals surface area contributed by atoms with Crippen molar-refractivity contribution in [3.63, 3.8) is 0 Å². The smallest absolute Gasteiger partial charge is 0.205 e. The molecule has 4 nitrogen and oxygen atoms in total. The summed E-state index contributed by atoms with van der Waals surface area (Å²) in [7, 11) is 0. The Morgan fingerprint density at radius 1 is 1.38 bits per heavy atom. The van der Waals surface area contributed by atoms with E-state index in [1.165, 1.54) is 11.5 Å². The van der Waals surface area contributed by atoms with Crippen LogP contribution in [-0.4, -0.2) is 28.5 Å². The molecule has 2 unspecified atom stereocenters. The van der Waals surface area contributed by atoms with E-state index in [0.29, 0.717) is 5.92 Å². The predicted molar refractivity (Wildman–Crippen MR) is 68.0 cm³/mol. The molecule has 0 spiro atoms. The Hall–Kier alpha value is -0.680. The summed E-state index contributed by atoms with van der Waals surface area (Å²) < 4.78 is 4.43. The number of aromatic nitrogens is 2. The van der Waals surface area contributed by atoms with Crippen molar-refractivity contribution in [1.82, 2.24) is 9.36 Å². The molecule has 1 aliphatic heterocycles. The molecule has 1 aliphatic rings. The Morgan fingerprint density at radius 3 is 2.50 bits per heavy atom. The summed E-state index contributed by atoms with van der Waals surface area (Å²) in [6.45, 7) is 10.5. The second kappa shape index (κ2) is 3.96. The maximum absolute atomic E-state index is 6.01. The fourth-order valence-corrected chi connectivity index (χ4v) is 2.67. The van der Waals surface area contributed by atoms with Crippen molar-refractivity contribution >= 4 is 16.7 Å². The van der Waals surface area contributed by atoms with Gasteiger partial charge in [-0.25, -0.2) is 4.98 Å². The molecule has 90 valence electrons. The van der Waals surface area contributed by atoms with Gasteiger partial charge in [-0.3, -0.25) is 0 Å². The summed E-state index contributed by atoms with van der Waals surface area (Å²) >= 11 is 1.49. The van der Waals surface area contributed by atoms with Crippen LogP contribution in [0.1, 0.15) is 33.5 Å². The molecule has 0 bridgehead atoms. The Balaban J connectivity index is 2.14. The molecule has 2 atom stereocenters. The van der Waals surface area contributed by atoms with E-state index in [1.807, 2.05) is 0 Å². The molecule has 5 heteroatoms. The van der Waals surface area contributed by atoms with Crippen molar-refractivity contribution in [2.75, 3.05) is 18.0 Å². The average Bonchev–Trinajstić information content (AvgIpc) is 2.73. The maximum Gasteiger partial charge on any atom is 0.205 e. The number of nitrogens with two attached hydrogens (primary N) is 1. The Labute approximate surface area is 101 Å². The summed E-state index contributed by atoms with van der Waals surface area (Å²) in [6, 6.07) is 0.266. The topological polar surface area (TPSA) is 55.0 Å². The first-order valence-corrected chi connectivity index (χ1v) is 6.50. The van der Waals surface area contributed by atoms with Crippen LogP contribution in [-0.2, 0) is 5.41 Å². The third-order valence-electron chi connectivity index (χ3n) is 3.03. The lowest BCUT2D eigenvalue weighted by atomic mass is 9.96. The van der Waals surface area contributed by atoms with Gasteiger partial charge >= 0.3 is 0 Å². The lowest BCUT2D eigenvalue weighted by Gasteiger charge is -2.15. The van der Waals surface area contributed by atoms with Crippen molar-refractivity contribution in [2.45, 2.75) is 39.2 Å². The van der Waals surface area contributed by atoms with Crippen molar-refractivity contribution in [2.24, 2.45) is 11.7 Å². The van der Waals surface area contributed by atoms with Gasteiger partial charge in [0, 0.05) is 36.1 Å². The quantitative estimate of drug-likeness (QED) is 0.810. The second-order valence-electron chi connectivity index (χ2n) is 5.70. The molecular formula is C11H20N4S. The zero-order chi connectivity index (χ0) is 11.9. The fourth-order valence-electron chi connectivity index (χ4n) is 1.80. The Bertz CT molecular complexity index is 358. The largest absolute Gasteiger partial charge is 0.345 e. The summed E-state index contributed by atoms with van der Waals surface area (Å²) in [4.78, 5) is 6.86. The lowest BCUT2D eigenvalue weighted by molar-refractivity contribution is 0.554. The van der Waals surface area contributed by atoms with Crippen LogP contribution >= 0.6 is 11.5 Å². The number of anilines is 1. The van der Waals surface area contributed by atoms with Gasteiger partial charge in [-0.1, -0.05) is 27.7 Å². The molecule has 0 saturated carbocycles. The van der Waals surface area contributed by atoms with Gasteiger partial charge in [0.05, 0.1) is 0 Å². The van der Waals surface area contributed by atoms with E-state index in [4.69, 9.17) is 5.73 Å². The first kappa shape index (κ1) is 11.8. The molecule has 1 saturated heterocycles. The van der Waals surface area contributed by atoms with Crippen LogP contribution in [0.2, 0.25) is 0 Å². The lowest BCUT2D eigenvalue weighted by Crippen LogP contribution is -2.28. The van der Waals surface area contributed by atoms with Gasteiger partial charge in [-0.2, -0.15) is 4.37 Å². The van der Waals surface area contributed by atoms with Crippen LogP contribution in [0.3, 0.4) is 0 Å². The molecule has 2 rings (SSSR count). The first-order valence-electron chi connectivity index (χ1n) is 5.72. The van der Waals surface area contributed by atoms with E-state index in [1.54, 1.807) is 0 Å². The van der Waals surface area contributed by atoms with Crippen molar-refractivity contribution in [3.05, 3.63) is 5.82 Å². The normalized spacial score (nSPS) is 26.4.